The van der Waals surface area contributed by atoms with E-state index in [9.17, 15) is 14.5 Å². The highest BCUT2D eigenvalue weighted by Gasteiger charge is 2.10. The first-order chi connectivity index (χ1) is 12.5. The highest BCUT2D eigenvalue weighted by Crippen LogP contribution is 2.22. The Labute approximate surface area is 149 Å². The van der Waals surface area contributed by atoms with Crippen LogP contribution in [-0.2, 0) is 6.54 Å². The second-order valence-corrected chi connectivity index (χ2v) is 5.74. The van der Waals surface area contributed by atoms with Gasteiger partial charge in [0.1, 0.15) is 12.0 Å². The van der Waals surface area contributed by atoms with Crippen LogP contribution in [0, 0.1) is 29.8 Å². The van der Waals surface area contributed by atoms with E-state index in [2.05, 4.69) is 15.2 Å². The number of nitrogens with zero attached hydrogens (tertiary/aromatic N) is 5. The van der Waals surface area contributed by atoms with E-state index in [0.29, 0.717) is 12.4 Å². The van der Waals surface area contributed by atoms with Crippen molar-refractivity contribution in [2.45, 2.75) is 20.4 Å². The van der Waals surface area contributed by atoms with Gasteiger partial charge < -0.3 is 4.57 Å². The number of azo groups is 1. The molecule has 0 radical (unpaired) electrons. The van der Waals surface area contributed by atoms with Crippen molar-refractivity contribution in [2.24, 2.45) is 10.2 Å². The monoisotopic (exact) mass is 353 g/mol. The van der Waals surface area contributed by atoms with Crippen LogP contribution in [0.25, 0.3) is 5.69 Å². The lowest BCUT2D eigenvalue weighted by Gasteiger charge is -2.09. The van der Waals surface area contributed by atoms with E-state index in [1.807, 2.05) is 24.5 Å². The third-order valence-corrected chi connectivity index (χ3v) is 3.98. The van der Waals surface area contributed by atoms with E-state index in [1.165, 1.54) is 24.3 Å². The fourth-order valence-electron chi connectivity index (χ4n) is 2.71. The molecule has 0 spiro atoms. The van der Waals surface area contributed by atoms with Gasteiger partial charge in [-0.1, -0.05) is 0 Å². The second-order valence-electron chi connectivity index (χ2n) is 5.74. The van der Waals surface area contributed by atoms with Crippen LogP contribution in [-0.4, -0.2) is 14.5 Å². The first-order valence-corrected chi connectivity index (χ1v) is 7.87. The van der Waals surface area contributed by atoms with Gasteiger partial charge in [-0.25, -0.2) is 9.37 Å². The molecule has 0 N–H and O–H groups in total. The van der Waals surface area contributed by atoms with E-state index < -0.39 is 4.92 Å². The summed E-state index contributed by atoms with van der Waals surface area (Å²) in [5, 5.41) is 18.7. The molecule has 2 aromatic heterocycles. The normalized spacial score (nSPS) is 11.2. The lowest BCUT2D eigenvalue weighted by Crippen LogP contribution is -1.99. The Kier molecular flexibility index (Phi) is 4.83. The fraction of sp³-hybridized carbons (Fsp3) is 0.167. The molecule has 1 aromatic carbocycles. The van der Waals surface area contributed by atoms with Crippen molar-refractivity contribution in [3.05, 3.63) is 81.5 Å². The number of rotatable bonds is 5. The van der Waals surface area contributed by atoms with Gasteiger partial charge in [0.15, 0.2) is 5.82 Å². The van der Waals surface area contributed by atoms with Crippen LogP contribution in [0.2, 0.25) is 0 Å². The summed E-state index contributed by atoms with van der Waals surface area (Å²) in [5.74, 6) is 0.0313. The zero-order valence-electron chi connectivity index (χ0n) is 14.3. The molecule has 0 unspecified atom stereocenters. The Balaban J connectivity index is 1.77. The molecule has 0 saturated heterocycles. The van der Waals surface area contributed by atoms with Gasteiger partial charge in [-0.05, 0) is 55.8 Å². The summed E-state index contributed by atoms with van der Waals surface area (Å²) in [6, 6.07) is 11.1. The summed E-state index contributed by atoms with van der Waals surface area (Å²) in [7, 11) is 0. The van der Waals surface area contributed by atoms with Gasteiger partial charge in [0.25, 0.3) is 5.69 Å². The van der Waals surface area contributed by atoms with Gasteiger partial charge in [0, 0.05) is 23.1 Å². The molecule has 0 aliphatic rings. The van der Waals surface area contributed by atoms with E-state index >= 15 is 0 Å². The Morgan fingerprint density at radius 3 is 2.54 bits per heavy atom. The highest BCUT2D eigenvalue weighted by atomic mass is 19.1. The van der Waals surface area contributed by atoms with Gasteiger partial charge in [0.2, 0.25) is 0 Å². The van der Waals surface area contributed by atoms with Crippen molar-refractivity contribution in [3.63, 3.8) is 0 Å². The molecule has 3 rings (SSSR count). The minimum atomic E-state index is -0.516. The summed E-state index contributed by atoms with van der Waals surface area (Å²) >= 11 is 0. The molecule has 0 fully saturated rings. The summed E-state index contributed by atoms with van der Waals surface area (Å²) in [5.41, 5.74) is 3.77. The average molecular weight is 353 g/mol. The minimum Gasteiger partial charge on any atom is -0.318 e. The van der Waals surface area contributed by atoms with Crippen LogP contribution in [0.4, 0.5) is 15.9 Å². The third-order valence-electron chi connectivity index (χ3n) is 3.98. The molecular weight excluding hydrogens is 337 g/mol. The van der Waals surface area contributed by atoms with Crippen LogP contribution in [0.3, 0.4) is 0 Å². The maximum absolute atomic E-state index is 13.1. The number of benzene rings is 1. The fourth-order valence-corrected chi connectivity index (χ4v) is 2.71. The SMILES string of the molecule is Cc1cc(CN=Nc2ccc([N+](=O)[O-])cn2)c(C)n1-c1ccc(F)cc1. The number of aromatic nitrogens is 2. The molecule has 0 aliphatic heterocycles. The van der Waals surface area contributed by atoms with Crippen LogP contribution in [0.5, 0.6) is 0 Å². The number of halogens is 1. The largest absolute Gasteiger partial charge is 0.318 e. The van der Waals surface area contributed by atoms with Crippen molar-refractivity contribution in [2.75, 3.05) is 0 Å². The zero-order chi connectivity index (χ0) is 18.7. The third kappa shape index (κ3) is 3.64. The maximum Gasteiger partial charge on any atom is 0.287 e. The van der Waals surface area contributed by atoms with Crippen LogP contribution < -0.4 is 0 Å². The van der Waals surface area contributed by atoms with Gasteiger partial charge >= 0.3 is 0 Å². The van der Waals surface area contributed by atoms with Gasteiger partial charge in [-0.15, -0.1) is 5.11 Å². The molecule has 7 nitrogen and oxygen atoms in total. The summed E-state index contributed by atoms with van der Waals surface area (Å²) in [6.07, 6.45) is 1.15. The first-order valence-electron chi connectivity index (χ1n) is 7.87. The van der Waals surface area contributed by atoms with E-state index in [4.69, 9.17) is 0 Å². The average Bonchev–Trinajstić information content (AvgIpc) is 2.90. The summed E-state index contributed by atoms with van der Waals surface area (Å²) in [6.45, 7) is 4.28. The molecule has 0 saturated carbocycles. The van der Waals surface area contributed by atoms with Crippen molar-refractivity contribution >= 4 is 11.5 Å². The predicted molar refractivity (Wildman–Crippen MR) is 94.3 cm³/mol. The molecule has 132 valence electrons. The maximum atomic E-state index is 13.1. The van der Waals surface area contributed by atoms with Crippen molar-refractivity contribution < 1.29 is 9.31 Å². The van der Waals surface area contributed by atoms with Crippen LogP contribution >= 0.6 is 0 Å². The predicted octanol–water partition coefficient (Wildman–Crippen LogP) is 4.82. The van der Waals surface area contributed by atoms with Gasteiger partial charge in [-0.2, -0.15) is 5.11 Å². The molecule has 0 aliphatic carbocycles. The van der Waals surface area contributed by atoms with E-state index in [-0.39, 0.29) is 11.5 Å². The van der Waals surface area contributed by atoms with Gasteiger partial charge in [-0.3, -0.25) is 10.1 Å². The molecule has 0 bridgehead atoms. The quantitative estimate of drug-likeness (QED) is 0.374. The van der Waals surface area contributed by atoms with E-state index in [1.54, 1.807) is 12.1 Å². The molecule has 0 atom stereocenters. The van der Waals surface area contributed by atoms with Crippen LogP contribution in [0.15, 0.2) is 58.9 Å². The summed E-state index contributed by atoms with van der Waals surface area (Å²) < 4.78 is 15.1. The first kappa shape index (κ1) is 17.4. The molecular formula is C18H16FN5O2. The number of aryl methyl sites for hydroxylation is 1. The number of nitro groups is 1. The number of hydrogen-bond donors (Lipinski definition) is 0. The topological polar surface area (TPSA) is 85.7 Å². The molecule has 8 heteroatoms. The second kappa shape index (κ2) is 7.22. The smallest absolute Gasteiger partial charge is 0.287 e. The van der Waals surface area contributed by atoms with Gasteiger partial charge in [0.05, 0.1) is 11.5 Å². The Morgan fingerprint density at radius 2 is 1.92 bits per heavy atom. The van der Waals surface area contributed by atoms with Crippen molar-refractivity contribution in [3.8, 4) is 5.69 Å². The zero-order valence-corrected chi connectivity index (χ0v) is 14.3. The lowest BCUT2D eigenvalue weighted by atomic mass is 10.2. The van der Waals surface area contributed by atoms with E-state index in [0.717, 1.165) is 28.8 Å². The molecule has 26 heavy (non-hydrogen) atoms. The standard InChI is InChI=1S/C18H16FN5O2/c1-12-9-14(13(2)23(12)16-5-3-15(19)4-6-16)10-21-22-18-8-7-17(11-20-18)24(25)26/h3-9,11H,10H2,1-2H3. The highest BCUT2D eigenvalue weighted by molar-refractivity contribution is 5.41. The van der Waals surface area contributed by atoms with Crippen molar-refractivity contribution in [1.82, 2.24) is 9.55 Å². The lowest BCUT2D eigenvalue weighted by molar-refractivity contribution is -0.385. The van der Waals surface area contributed by atoms with Crippen molar-refractivity contribution in [1.29, 1.82) is 0 Å². The molecule has 2 heterocycles. The number of pyridine rings is 1. The molecule has 3 aromatic rings. The molecule has 0 amide bonds. The minimum absolute atomic E-state index is 0.0909. The Morgan fingerprint density at radius 1 is 1.19 bits per heavy atom. The number of hydrogen-bond acceptors (Lipinski definition) is 5. The Hall–Kier alpha value is -3.42. The summed E-state index contributed by atoms with van der Waals surface area (Å²) in [4.78, 5) is 14.0. The van der Waals surface area contributed by atoms with Crippen LogP contribution in [0.1, 0.15) is 17.0 Å². The Bertz CT molecular complexity index is 962.